The van der Waals surface area contributed by atoms with Crippen LogP contribution in [0.25, 0.3) is 0 Å². The van der Waals surface area contributed by atoms with Crippen LogP contribution in [0.5, 0.6) is 11.5 Å². The van der Waals surface area contributed by atoms with E-state index in [0.717, 1.165) is 0 Å². The van der Waals surface area contributed by atoms with E-state index in [1.54, 1.807) is 12.1 Å². The highest BCUT2D eigenvalue weighted by Crippen LogP contribution is 2.30. The summed E-state index contributed by atoms with van der Waals surface area (Å²) in [7, 11) is 0. The first-order valence-corrected chi connectivity index (χ1v) is 9.31. The molecule has 3 amide bonds. The van der Waals surface area contributed by atoms with Crippen LogP contribution in [0.1, 0.15) is 13.8 Å². The van der Waals surface area contributed by atoms with Gasteiger partial charge in [0.25, 0.3) is 0 Å². The Hall–Kier alpha value is -3.22. The summed E-state index contributed by atoms with van der Waals surface area (Å²) >= 11 is 0. The van der Waals surface area contributed by atoms with Crippen molar-refractivity contribution in [3.8, 4) is 11.5 Å². The molecule has 0 bridgehead atoms. The van der Waals surface area contributed by atoms with Gasteiger partial charge in [-0.1, -0.05) is 44.2 Å². The molecule has 0 radical (unpaired) electrons. The lowest BCUT2D eigenvalue weighted by Gasteiger charge is -2.28. The molecule has 2 aromatic carbocycles. The van der Waals surface area contributed by atoms with Gasteiger partial charge in [0.2, 0.25) is 5.91 Å². The zero-order valence-corrected chi connectivity index (χ0v) is 16.0. The Kier molecular flexibility index (Phi) is 6.37. The molecule has 3 N–H and O–H groups in total. The number of benzene rings is 2. The maximum Gasteiger partial charge on any atom is 0.319 e. The molecule has 0 aliphatic carbocycles. The zero-order valence-electron chi connectivity index (χ0n) is 16.0. The van der Waals surface area contributed by atoms with Crippen LogP contribution in [-0.4, -0.2) is 37.2 Å². The quantitative estimate of drug-likeness (QED) is 0.716. The Labute approximate surface area is 164 Å². The molecule has 0 fully saturated rings. The highest BCUT2D eigenvalue weighted by Gasteiger charge is 2.26. The Morgan fingerprint density at radius 1 is 1.04 bits per heavy atom. The first kappa shape index (κ1) is 19.5. The molecule has 1 aliphatic rings. The highest BCUT2D eigenvalue weighted by molar-refractivity contribution is 5.93. The number of carbonyl (C=O) groups excluding carboxylic acids is 2. The molecule has 2 atom stereocenters. The largest absolute Gasteiger partial charge is 0.486 e. The van der Waals surface area contributed by atoms with Crippen LogP contribution in [0.2, 0.25) is 0 Å². The van der Waals surface area contributed by atoms with Gasteiger partial charge in [0.1, 0.15) is 18.8 Å². The molecular weight excluding hydrogens is 358 g/mol. The molecule has 148 valence electrons. The molecule has 0 unspecified atom stereocenters. The van der Waals surface area contributed by atoms with Gasteiger partial charge in [-0.25, -0.2) is 4.79 Å². The maximum absolute atomic E-state index is 12.6. The van der Waals surface area contributed by atoms with Crippen LogP contribution in [0.3, 0.4) is 0 Å². The summed E-state index contributed by atoms with van der Waals surface area (Å²) < 4.78 is 11.5. The highest BCUT2D eigenvalue weighted by atomic mass is 16.6. The molecule has 0 saturated heterocycles. The predicted octanol–water partition coefficient (Wildman–Crippen LogP) is 2.79. The molecule has 0 aromatic heterocycles. The zero-order chi connectivity index (χ0) is 19.9. The minimum atomic E-state index is -0.666. The Morgan fingerprint density at radius 2 is 1.71 bits per heavy atom. The van der Waals surface area contributed by atoms with Crippen molar-refractivity contribution in [3.63, 3.8) is 0 Å². The van der Waals surface area contributed by atoms with Crippen LogP contribution in [0, 0.1) is 5.92 Å². The average Bonchev–Trinajstić information content (AvgIpc) is 2.70. The maximum atomic E-state index is 12.6. The van der Waals surface area contributed by atoms with Gasteiger partial charge >= 0.3 is 6.03 Å². The first-order valence-electron chi connectivity index (χ1n) is 9.31. The fourth-order valence-corrected chi connectivity index (χ4v) is 2.85. The average molecular weight is 383 g/mol. The van der Waals surface area contributed by atoms with Crippen LogP contribution in [-0.2, 0) is 4.79 Å². The SMILES string of the molecule is CC(C)[C@H](NC(=O)Nc1ccccc1)C(=O)NC[C@H]1COc2ccccc2O1. The lowest BCUT2D eigenvalue weighted by Crippen LogP contribution is -2.53. The van der Waals surface area contributed by atoms with Crippen molar-refractivity contribution in [2.75, 3.05) is 18.5 Å². The fourth-order valence-electron chi connectivity index (χ4n) is 2.85. The number of carbonyl (C=O) groups is 2. The number of anilines is 1. The monoisotopic (exact) mass is 383 g/mol. The number of urea groups is 1. The third-order valence-corrected chi connectivity index (χ3v) is 4.34. The van der Waals surface area contributed by atoms with Crippen LogP contribution in [0.15, 0.2) is 54.6 Å². The van der Waals surface area contributed by atoms with Crippen molar-refractivity contribution in [1.29, 1.82) is 0 Å². The number of ether oxygens (including phenoxy) is 2. The van der Waals surface area contributed by atoms with Crippen molar-refractivity contribution in [3.05, 3.63) is 54.6 Å². The summed E-state index contributed by atoms with van der Waals surface area (Å²) in [6, 6.07) is 15.4. The summed E-state index contributed by atoms with van der Waals surface area (Å²) in [5.74, 6) is 1.02. The van der Waals surface area contributed by atoms with Gasteiger partial charge in [-0.15, -0.1) is 0 Å². The minimum absolute atomic E-state index is 0.0780. The second kappa shape index (κ2) is 9.12. The van der Waals surface area contributed by atoms with Crippen molar-refractivity contribution >= 4 is 17.6 Å². The van der Waals surface area contributed by atoms with Crippen molar-refractivity contribution in [2.45, 2.75) is 26.0 Å². The van der Waals surface area contributed by atoms with Crippen molar-refractivity contribution in [2.24, 2.45) is 5.92 Å². The number of hydrogen-bond acceptors (Lipinski definition) is 4. The number of fused-ring (bicyclic) bond motifs is 1. The van der Waals surface area contributed by atoms with Gasteiger partial charge in [0.05, 0.1) is 6.54 Å². The summed E-state index contributed by atoms with van der Waals surface area (Å²) in [5.41, 5.74) is 0.661. The van der Waals surface area contributed by atoms with Gasteiger partial charge < -0.3 is 25.4 Å². The molecular formula is C21H25N3O4. The molecule has 1 heterocycles. The van der Waals surface area contributed by atoms with Crippen LogP contribution in [0.4, 0.5) is 10.5 Å². The van der Waals surface area contributed by atoms with Gasteiger partial charge in [-0.3, -0.25) is 4.79 Å². The standard InChI is InChI=1S/C21H25N3O4/c1-14(2)19(24-21(26)23-15-8-4-3-5-9-15)20(25)22-12-16-13-27-17-10-6-7-11-18(17)28-16/h3-11,14,16,19H,12-13H2,1-2H3,(H,22,25)(H2,23,24,26)/t16-,19-/m0/s1. The molecule has 3 rings (SSSR count). The second-order valence-corrected chi connectivity index (χ2v) is 6.93. The van der Waals surface area contributed by atoms with E-state index in [9.17, 15) is 9.59 Å². The Morgan fingerprint density at radius 3 is 2.43 bits per heavy atom. The van der Waals surface area contributed by atoms with Crippen LogP contribution >= 0.6 is 0 Å². The molecule has 28 heavy (non-hydrogen) atoms. The number of amides is 3. The van der Waals surface area contributed by atoms with E-state index in [0.29, 0.717) is 30.3 Å². The molecule has 7 heteroatoms. The van der Waals surface area contributed by atoms with Crippen LogP contribution < -0.4 is 25.4 Å². The summed E-state index contributed by atoms with van der Waals surface area (Å²) in [6.07, 6.45) is -0.287. The van der Waals surface area contributed by atoms with Gasteiger partial charge in [0.15, 0.2) is 11.5 Å². The first-order chi connectivity index (χ1) is 13.5. The summed E-state index contributed by atoms with van der Waals surface area (Å²) in [5, 5.41) is 8.31. The van der Waals surface area contributed by atoms with Gasteiger partial charge in [-0.05, 0) is 30.2 Å². The Balaban J connectivity index is 1.51. The van der Waals surface area contributed by atoms with Gasteiger partial charge in [0, 0.05) is 5.69 Å². The lowest BCUT2D eigenvalue weighted by molar-refractivity contribution is -0.124. The number of rotatable bonds is 6. The third-order valence-electron chi connectivity index (χ3n) is 4.34. The van der Waals surface area contributed by atoms with Crippen molar-refractivity contribution < 1.29 is 19.1 Å². The number of nitrogens with one attached hydrogen (secondary N) is 3. The number of hydrogen-bond donors (Lipinski definition) is 3. The topological polar surface area (TPSA) is 88.7 Å². The summed E-state index contributed by atoms with van der Waals surface area (Å²) in [6.45, 7) is 4.40. The van der Waals surface area contributed by atoms with E-state index in [2.05, 4.69) is 16.0 Å². The molecule has 0 saturated carbocycles. The number of para-hydroxylation sites is 3. The summed E-state index contributed by atoms with van der Waals surface area (Å²) in [4.78, 5) is 24.8. The molecule has 2 aromatic rings. The molecule has 7 nitrogen and oxygen atoms in total. The lowest BCUT2D eigenvalue weighted by atomic mass is 10.0. The van der Waals surface area contributed by atoms with E-state index in [1.165, 1.54) is 0 Å². The van der Waals surface area contributed by atoms with E-state index in [1.807, 2.05) is 56.3 Å². The van der Waals surface area contributed by atoms with E-state index in [4.69, 9.17) is 9.47 Å². The minimum Gasteiger partial charge on any atom is -0.486 e. The van der Waals surface area contributed by atoms with E-state index in [-0.39, 0.29) is 17.9 Å². The predicted molar refractivity (Wildman–Crippen MR) is 107 cm³/mol. The van der Waals surface area contributed by atoms with E-state index < -0.39 is 12.1 Å². The smallest absolute Gasteiger partial charge is 0.319 e. The normalized spacial score (nSPS) is 16.2. The van der Waals surface area contributed by atoms with Gasteiger partial charge in [-0.2, -0.15) is 0 Å². The molecule has 1 aliphatic heterocycles. The van der Waals surface area contributed by atoms with Crippen molar-refractivity contribution in [1.82, 2.24) is 10.6 Å². The third kappa shape index (κ3) is 5.16. The fraction of sp³-hybridized carbons (Fsp3) is 0.333. The second-order valence-electron chi connectivity index (χ2n) is 6.93. The Bertz CT molecular complexity index is 810. The molecule has 0 spiro atoms. The van der Waals surface area contributed by atoms with E-state index >= 15 is 0 Å².